The molecule has 1 saturated heterocycles. The lowest BCUT2D eigenvalue weighted by Gasteiger charge is -2.26. The summed E-state index contributed by atoms with van der Waals surface area (Å²) in [7, 11) is 1.87. The van der Waals surface area contributed by atoms with E-state index in [4.69, 9.17) is 4.74 Å². The summed E-state index contributed by atoms with van der Waals surface area (Å²) in [6.07, 6.45) is 2.64. The molecule has 0 N–H and O–H groups in total. The van der Waals surface area contributed by atoms with Gasteiger partial charge in [0, 0.05) is 32.2 Å². The smallest absolute Gasteiger partial charge is 0.226 e. The Bertz CT molecular complexity index is 476. The highest BCUT2D eigenvalue weighted by molar-refractivity contribution is 5.92. The third-order valence-electron chi connectivity index (χ3n) is 4.19. The highest BCUT2D eigenvalue weighted by Crippen LogP contribution is 2.18. The molecule has 0 aromatic heterocycles. The minimum atomic E-state index is 0.201. The summed E-state index contributed by atoms with van der Waals surface area (Å²) >= 11 is 0. The Morgan fingerprint density at radius 1 is 1.14 bits per heavy atom. The monoisotopic (exact) mass is 304 g/mol. The maximum Gasteiger partial charge on any atom is 0.226 e. The maximum absolute atomic E-state index is 12.3. The van der Waals surface area contributed by atoms with Gasteiger partial charge in [0.1, 0.15) is 0 Å². The van der Waals surface area contributed by atoms with Gasteiger partial charge in [-0.05, 0) is 56.5 Å². The van der Waals surface area contributed by atoms with E-state index >= 15 is 0 Å². The Morgan fingerprint density at radius 2 is 1.77 bits per heavy atom. The maximum atomic E-state index is 12.3. The molecule has 0 spiro atoms. The summed E-state index contributed by atoms with van der Waals surface area (Å²) in [4.78, 5) is 16.5. The number of morpholine rings is 1. The molecule has 0 unspecified atom stereocenters. The Hall–Kier alpha value is -1.39. The molecule has 2 rings (SSSR count). The van der Waals surface area contributed by atoms with Crippen molar-refractivity contribution in [1.29, 1.82) is 0 Å². The van der Waals surface area contributed by atoms with Crippen LogP contribution in [0.1, 0.15) is 30.4 Å². The highest BCUT2D eigenvalue weighted by atomic mass is 16.5. The van der Waals surface area contributed by atoms with Gasteiger partial charge >= 0.3 is 0 Å². The Kier molecular flexibility index (Phi) is 6.40. The number of amides is 1. The molecule has 1 heterocycles. The van der Waals surface area contributed by atoms with Gasteiger partial charge < -0.3 is 9.64 Å². The van der Waals surface area contributed by atoms with Crippen molar-refractivity contribution in [1.82, 2.24) is 4.90 Å². The normalized spacial score (nSPS) is 15.8. The van der Waals surface area contributed by atoms with Crippen LogP contribution in [-0.4, -0.2) is 50.7 Å². The molecule has 1 aromatic rings. The lowest BCUT2D eigenvalue weighted by molar-refractivity contribution is -0.118. The number of unbranched alkanes of at least 4 members (excludes halogenated alkanes) is 1. The summed E-state index contributed by atoms with van der Waals surface area (Å²) in [5.74, 6) is 0.201. The fraction of sp³-hybridized carbons (Fsp3) is 0.611. The summed E-state index contributed by atoms with van der Waals surface area (Å²) in [5, 5.41) is 0. The number of hydrogen-bond acceptors (Lipinski definition) is 3. The zero-order valence-corrected chi connectivity index (χ0v) is 14.1. The third-order valence-corrected chi connectivity index (χ3v) is 4.19. The number of anilines is 1. The van der Waals surface area contributed by atoms with Crippen LogP contribution in [0.2, 0.25) is 0 Å². The van der Waals surface area contributed by atoms with Gasteiger partial charge in [-0.3, -0.25) is 9.69 Å². The number of carbonyl (C=O) groups excluding carboxylic acids is 1. The van der Waals surface area contributed by atoms with Gasteiger partial charge in [0.2, 0.25) is 5.91 Å². The second kappa shape index (κ2) is 8.30. The van der Waals surface area contributed by atoms with Crippen LogP contribution in [0.5, 0.6) is 0 Å². The zero-order chi connectivity index (χ0) is 15.9. The number of ether oxygens (including phenoxy) is 1. The molecule has 1 aliphatic heterocycles. The van der Waals surface area contributed by atoms with Crippen molar-refractivity contribution in [3.63, 3.8) is 0 Å². The van der Waals surface area contributed by atoms with Crippen LogP contribution in [0.25, 0.3) is 0 Å². The van der Waals surface area contributed by atoms with Gasteiger partial charge in [-0.1, -0.05) is 6.07 Å². The SMILES string of the molecule is Cc1cc(C)cc(N(C)C(=O)CCCCN2CCOCC2)c1. The van der Waals surface area contributed by atoms with Crippen LogP contribution in [0, 0.1) is 13.8 Å². The number of aryl methyl sites for hydroxylation is 2. The van der Waals surface area contributed by atoms with E-state index in [-0.39, 0.29) is 5.91 Å². The van der Waals surface area contributed by atoms with Gasteiger partial charge in [0.25, 0.3) is 0 Å². The molecule has 122 valence electrons. The van der Waals surface area contributed by atoms with Gasteiger partial charge in [-0.25, -0.2) is 0 Å². The second-order valence-corrected chi connectivity index (χ2v) is 6.21. The van der Waals surface area contributed by atoms with E-state index in [2.05, 4.69) is 36.9 Å². The Balaban J connectivity index is 1.74. The van der Waals surface area contributed by atoms with Crippen molar-refractivity contribution >= 4 is 11.6 Å². The molecule has 0 radical (unpaired) electrons. The quantitative estimate of drug-likeness (QED) is 0.758. The van der Waals surface area contributed by atoms with Gasteiger partial charge in [-0.15, -0.1) is 0 Å². The molecule has 22 heavy (non-hydrogen) atoms. The predicted octanol–water partition coefficient (Wildman–Crippen LogP) is 2.77. The fourth-order valence-corrected chi connectivity index (χ4v) is 2.89. The number of carbonyl (C=O) groups is 1. The molecule has 0 bridgehead atoms. The first-order chi connectivity index (χ1) is 10.6. The van der Waals surface area contributed by atoms with Crippen LogP contribution >= 0.6 is 0 Å². The lowest BCUT2D eigenvalue weighted by atomic mass is 10.1. The molecule has 4 nitrogen and oxygen atoms in total. The van der Waals surface area contributed by atoms with Crippen LogP contribution in [0.3, 0.4) is 0 Å². The van der Waals surface area contributed by atoms with Crippen molar-refractivity contribution in [3.8, 4) is 0 Å². The summed E-state index contributed by atoms with van der Waals surface area (Å²) in [5.41, 5.74) is 3.39. The van der Waals surface area contributed by atoms with E-state index in [0.29, 0.717) is 6.42 Å². The van der Waals surface area contributed by atoms with E-state index in [9.17, 15) is 4.79 Å². The van der Waals surface area contributed by atoms with Gasteiger partial charge in [-0.2, -0.15) is 0 Å². The van der Waals surface area contributed by atoms with Gasteiger partial charge in [0.15, 0.2) is 0 Å². The van der Waals surface area contributed by atoms with Crippen LogP contribution in [0.4, 0.5) is 5.69 Å². The van der Waals surface area contributed by atoms with Crippen molar-refractivity contribution in [2.45, 2.75) is 33.1 Å². The summed E-state index contributed by atoms with van der Waals surface area (Å²) < 4.78 is 5.34. The average molecular weight is 304 g/mol. The molecular formula is C18H28N2O2. The van der Waals surface area contributed by atoms with Crippen molar-refractivity contribution in [2.75, 3.05) is 44.8 Å². The number of benzene rings is 1. The lowest BCUT2D eigenvalue weighted by Crippen LogP contribution is -2.36. The first-order valence-electron chi connectivity index (χ1n) is 8.21. The van der Waals surface area contributed by atoms with E-state index < -0.39 is 0 Å². The first kappa shape index (κ1) is 17.0. The molecule has 1 aliphatic rings. The zero-order valence-electron chi connectivity index (χ0n) is 14.1. The minimum Gasteiger partial charge on any atom is -0.379 e. The Morgan fingerprint density at radius 3 is 2.41 bits per heavy atom. The van der Waals surface area contributed by atoms with Crippen molar-refractivity contribution in [3.05, 3.63) is 29.3 Å². The third kappa shape index (κ3) is 5.11. The van der Waals surface area contributed by atoms with Crippen LogP contribution in [0.15, 0.2) is 18.2 Å². The molecule has 0 atom stereocenters. The fourth-order valence-electron chi connectivity index (χ4n) is 2.89. The molecule has 0 aliphatic carbocycles. The van der Waals surface area contributed by atoms with Crippen molar-refractivity contribution < 1.29 is 9.53 Å². The Labute approximate surface area is 134 Å². The molecule has 0 saturated carbocycles. The molecule has 1 fully saturated rings. The molecule has 4 heteroatoms. The number of rotatable bonds is 6. The predicted molar refractivity (Wildman–Crippen MR) is 90.4 cm³/mol. The summed E-state index contributed by atoms with van der Waals surface area (Å²) in [6.45, 7) is 8.94. The van der Waals surface area contributed by atoms with Crippen LogP contribution in [-0.2, 0) is 9.53 Å². The second-order valence-electron chi connectivity index (χ2n) is 6.21. The number of nitrogens with zero attached hydrogens (tertiary/aromatic N) is 2. The van der Waals surface area contributed by atoms with E-state index in [0.717, 1.165) is 51.4 Å². The molecule has 1 aromatic carbocycles. The standard InChI is InChI=1S/C18H28N2O2/c1-15-12-16(2)14-17(13-15)19(3)18(21)6-4-5-7-20-8-10-22-11-9-20/h12-14H,4-11H2,1-3H3. The van der Waals surface area contributed by atoms with E-state index in [1.54, 1.807) is 4.90 Å². The van der Waals surface area contributed by atoms with E-state index in [1.807, 2.05) is 7.05 Å². The average Bonchev–Trinajstić information content (AvgIpc) is 2.50. The first-order valence-corrected chi connectivity index (χ1v) is 8.21. The molecular weight excluding hydrogens is 276 g/mol. The highest BCUT2D eigenvalue weighted by Gasteiger charge is 2.13. The minimum absolute atomic E-state index is 0.201. The largest absolute Gasteiger partial charge is 0.379 e. The summed E-state index contributed by atoms with van der Waals surface area (Å²) in [6, 6.07) is 6.27. The number of hydrogen-bond donors (Lipinski definition) is 0. The van der Waals surface area contributed by atoms with Crippen LogP contribution < -0.4 is 4.90 Å². The van der Waals surface area contributed by atoms with E-state index in [1.165, 1.54) is 11.1 Å². The topological polar surface area (TPSA) is 32.8 Å². The van der Waals surface area contributed by atoms with Crippen molar-refractivity contribution in [2.24, 2.45) is 0 Å². The molecule has 1 amide bonds. The van der Waals surface area contributed by atoms with Gasteiger partial charge in [0.05, 0.1) is 13.2 Å².